The van der Waals surface area contributed by atoms with Crippen molar-refractivity contribution in [3.63, 3.8) is 0 Å². The lowest BCUT2D eigenvalue weighted by atomic mass is 10.2. The van der Waals surface area contributed by atoms with Gasteiger partial charge in [0.2, 0.25) is 0 Å². The standard InChI is InChI=1S/C10H19NO4/c1-10(2,3)15-9(13)11-8(5-6-12)7-14-4/h6,8H,5,7H2,1-4H3,(H,11,13). The van der Waals surface area contributed by atoms with E-state index in [2.05, 4.69) is 5.32 Å². The van der Waals surface area contributed by atoms with E-state index in [1.807, 2.05) is 0 Å². The molecule has 0 aliphatic heterocycles. The Bertz CT molecular complexity index is 210. The second-order valence-corrected chi connectivity index (χ2v) is 4.20. The van der Waals surface area contributed by atoms with Crippen molar-refractivity contribution in [3.8, 4) is 0 Å². The molecule has 0 bridgehead atoms. The fourth-order valence-corrected chi connectivity index (χ4v) is 0.960. The molecule has 1 atom stereocenters. The van der Waals surface area contributed by atoms with Crippen LogP contribution in [0.1, 0.15) is 27.2 Å². The Balaban J connectivity index is 4.04. The van der Waals surface area contributed by atoms with Gasteiger partial charge in [0, 0.05) is 13.5 Å². The van der Waals surface area contributed by atoms with Gasteiger partial charge in [-0.2, -0.15) is 0 Å². The van der Waals surface area contributed by atoms with E-state index >= 15 is 0 Å². The number of hydrogen-bond donors (Lipinski definition) is 1. The molecule has 0 heterocycles. The van der Waals surface area contributed by atoms with E-state index in [0.717, 1.165) is 6.29 Å². The Kier molecular flexibility index (Phi) is 5.93. The van der Waals surface area contributed by atoms with Crippen LogP contribution in [0.2, 0.25) is 0 Å². The number of nitrogens with one attached hydrogen (secondary N) is 1. The highest BCUT2D eigenvalue weighted by molar-refractivity contribution is 5.68. The van der Waals surface area contributed by atoms with Crippen molar-refractivity contribution >= 4 is 12.4 Å². The first-order chi connectivity index (χ1) is 6.89. The second-order valence-electron chi connectivity index (χ2n) is 4.20. The Morgan fingerprint density at radius 1 is 1.47 bits per heavy atom. The summed E-state index contributed by atoms with van der Waals surface area (Å²) < 4.78 is 9.90. The average molecular weight is 217 g/mol. The van der Waals surface area contributed by atoms with Crippen LogP contribution in [0.25, 0.3) is 0 Å². The smallest absolute Gasteiger partial charge is 0.407 e. The van der Waals surface area contributed by atoms with Gasteiger partial charge in [0.05, 0.1) is 12.6 Å². The third kappa shape index (κ3) is 7.93. The zero-order chi connectivity index (χ0) is 11.9. The van der Waals surface area contributed by atoms with Crippen LogP contribution < -0.4 is 5.32 Å². The van der Waals surface area contributed by atoms with E-state index in [1.54, 1.807) is 20.8 Å². The van der Waals surface area contributed by atoms with Gasteiger partial charge in [0.25, 0.3) is 0 Å². The molecule has 5 heteroatoms. The SMILES string of the molecule is COCC(CC=O)NC(=O)OC(C)(C)C. The number of methoxy groups -OCH3 is 1. The van der Waals surface area contributed by atoms with Crippen LogP contribution in [0.3, 0.4) is 0 Å². The van der Waals surface area contributed by atoms with Gasteiger partial charge in [-0.05, 0) is 20.8 Å². The average Bonchev–Trinajstić information content (AvgIpc) is 2.00. The number of rotatable bonds is 5. The molecule has 1 N–H and O–H groups in total. The third-order valence-electron chi connectivity index (χ3n) is 1.47. The van der Waals surface area contributed by atoms with Gasteiger partial charge >= 0.3 is 6.09 Å². The Hall–Kier alpha value is -1.10. The summed E-state index contributed by atoms with van der Waals surface area (Å²) in [4.78, 5) is 21.6. The summed E-state index contributed by atoms with van der Waals surface area (Å²) >= 11 is 0. The van der Waals surface area contributed by atoms with Crippen LogP contribution in [-0.2, 0) is 14.3 Å². The number of ether oxygens (including phenoxy) is 2. The van der Waals surface area contributed by atoms with Crippen LogP contribution >= 0.6 is 0 Å². The summed E-state index contributed by atoms with van der Waals surface area (Å²) in [6, 6.07) is -0.331. The first-order valence-electron chi connectivity index (χ1n) is 4.81. The maximum Gasteiger partial charge on any atom is 0.407 e. The predicted molar refractivity (Wildman–Crippen MR) is 55.7 cm³/mol. The van der Waals surface area contributed by atoms with Gasteiger partial charge in [-0.15, -0.1) is 0 Å². The molecule has 5 nitrogen and oxygen atoms in total. The highest BCUT2D eigenvalue weighted by Crippen LogP contribution is 2.07. The van der Waals surface area contributed by atoms with Gasteiger partial charge in [-0.3, -0.25) is 0 Å². The lowest BCUT2D eigenvalue weighted by molar-refractivity contribution is -0.108. The zero-order valence-corrected chi connectivity index (χ0v) is 9.70. The number of carbonyl (C=O) groups is 2. The summed E-state index contributed by atoms with van der Waals surface area (Å²) in [5.41, 5.74) is -0.539. The molecule has 0 rings (SSSR count). The van der Waals surface area contributed by atoms with Gasteiger partial charge < -0.3 is 19.6 Å². The molecule has 0 radical (unpaired) electrons. The molecule has 0 fully saturated rings. The van der Waals surface area contributed by atoms with Crippen molar-refractivity contribution < 1.29 is 19.1 Å². The zero-order valence-electron chi connectivity index (χ0n) is 9.70. The molecule has 88 valence electrons. The van der Waals surface area contributed by atoms with Crippen molar-refractivity contribution in [2.45, 2.75) is 38.8 Å². The highest BCUT2D eigenvalue weighted by Gasteiger charge is 2.19. The molecule has 0 aliphatic rings. The maximum atomic E-state index is 11.3. The van der Waals surface area contributed by atoms with Crippen molar-refractivity contribution in [1.82, 2.24) is 5.32 Å². The minimum Gasteiger partial charge on any atom is -0.444 e. The summed E-state index contributed by atoms with van der Waals surface area (Å²) in [7, 11) is 1.51. The van der Waals surface area contributed by atoms with E-state index in [1.165, 1.54) is 7.11 Å². The number of amides is 1. The first-order valence-corrected chi connectivity index (χ1v) is 4.81. The second kappa shape index (κ2) is 6.40. The van der Waals surface area contributed by atoms with Gasteiger partial charge in [-0.25, -0.2) is 4.79 Å². The van der Waals surface area contributed by atoms with Crippen molar-refractivity contribution in [1.29, 1.82) is 0 Å². The lowest BCUT2D eigenvalue weighted by Gasteiger charge is -2.22. The predicted octanol–water partition coefficient (Wildman–Crippen LogP) is 1.12. The molecule has 0 saturated heterocycles. The number of carbonyl (C=O) groups excluding carboxylic acids is 2. The summed E-state index contributed by atoms with van der Waals surface area (Å²) in [5.74, 6) is 0. The number of aldehydes is 1. The summed E-state index contributed by atoms with van der Waals surface area (Å²) in [5, 5.41) is 2.56. The van der Waals surface area contributed by atoms with Crippen LogP contribution in [0.4, 0.5) is 4.79 Å². The molecule has 0 saturated carbocycles. The van der Waals surface area contributed by atoms with E-state index in [4.69, 9.17) is 9.47 Å². The van der Waals surface area contributed by atoms with Crippen LogP contribution in [0.5, 0.6) is 0 Å². The van der Waals surface area contributed by atoms with Crippen LogP contribution in [-0.4, -0.2) is 37.7 Å². The minimum atomic E-state index is -0.539. The first kappa shape index (κ1) is 13.9. The Morgan fingerprint density at radius 3 is 2.47 bits per heavy atom. The minimum absolute atomic E-state index is 0.215. The molecule has 0 aromatic rings. The van der Waals surface area contributed by atoms with E-state index in [9.17, 15) is 9.59 Å². The summed E-state index contributed by atoms with van der Waals surface area (Å²) in [6.07, 6.45) is 0.417. The van der Waals surface area contributed by atoms with E-state index in [-0.39, 0.29) is 19.1 Å². The summed E-state index contributed by atoms with van der Waals surface area (Å²) in [6.45, 7) is 5.62. The number of hydrogen-bond acceptors (Lipinski definition) is 4. The Labute approximate surface area is 90.1 Å². The molecule has 1 amide bonds. The van der Waals surface area contributed by atoms with Crippen molar-refractivity contribution in [2.24, 2.45) is 0 Å². The lowest BCUT2D eigenvalue weighted by Crippen LogP contribution is -2.41. The quantitative estimate of drug-likeness (QED) is 0.701. The largest absolute Gasteiger partial charge is 0.444 e. The van der Waals surface area contributed by atoms with E-state index < -0.39 is 11.7 Å². The third-order valence-corrected chi connectivity index (χ3v) is 1.47. The molecule has 1 unspecified atom stereocenters. The highest BCUT2D eigenvalue weighted by atomic mass is 16.6. The van der Waals surface area contributed by atoms with Gasteiger partial charge in [-0.1, -0.05) is 0 Å². The maximum absolute atomic E-state index is 11.3. The Morgan fingerprint density at radius 2 is 2.07 bits per heavy atom. The molecular weight excluding hydrogens is 198 g/mol. The van der Waals surface area contributed by atoms with Gasteiger partial charge in [0.1, 0.15) is 11.9 Å². The molecular formula is C10H19NO4. The topological polar surface area (TPSA) is 64.6 Å². The monoisotopic (exact) mass is 217 g/mol. The normalized spacial score (nSPS) is 13.1. The van der Waals surface area contributed by atoms with Crippen molar-refractivity contribution in [2.75, 3.05) is 13.7 Å². The van der Waals surface area contributed by atoms with Crippen LogP contribution in [0, 0.1) is 0 Å². The molecule has 0 spiro atoms. The fraction of sp³-hybridized carbons (Fsp3) is 0.800. The van der Waals surface area contributed by atoms with Crippen molar-refractivity contribution in [3.05, 3.63) is 0 Å². The number of alkyl carbamates (subject to hydrolysis) is 1. The molecule has 0 aromatic heterocycles. The van der Waals surface area contributed by atoms with E-state index in [0.29, 0.717) is 0 Å². The fourth-order valence-electron chi connectivity index (χ4n) is 0.960. The van der Waals surface area contributed by atoms with Crippen LogP contribution in [0.15, 0.2) is 0 Å². The van der Waals surface area contributed by atoms with Gasteiger partial charge in [0.15, 0.2) is 0 Å². The molecule has 0 aromatic carbocycles. The molecule has 0 aliphatic carbocycles. The molecule has 15 heavy (non-hydrogen) atoms.